The highest BCUT2D eigenvalue weighted by Gasteiger charge is 2.21. The summed E-state index contributed by atoms with van der Waals surface area (Å²) in [5.74, 6) is -0.749. The van der Waals surface area contributed by atoms with Gasteiger partial charge in [0.1, 0.15) is 0 Å². The quantitative estimate of drug-likeness (QED) is 0.349. The summed E-state index contributed by atoms with van der Waals surface area (Å²) in [6.45, 7) is 7.05. The van der Waals surface area contributed by atoms with E-state index in [-0.39, 0.29) is 5.92 Å². The first kappa shape index (κ1) is 22.2. The van der Waals surface area contributed by atoms with E-state index < -0.39 is 11.9 Å². The van der Waals surface area contributed by atoms with Crippen LogP contribution in [0.25, 0.3) is 0 Å². The van der Waals surface area contributed by atoms with Gasteiger partial charge in [-0.3, -0.25) is 0 Å². The second-order valence-corrected chi connectivity index (χ2v) is 6.80. The van der Waals surface area contributed by atoms with Gasteiger partial charge >= 0.3 is 11.9 Å². The third-order valence-electron chi connectivity index (χ3n) is 4.32. The molecule has 0 amide bonds. The van der Waals surface area contributed by atoms with Crippen molar-refractivity contribution in [1.82, 2.24) is 0 Å². The minimum Gasteiger partial charge on any atom is -0.462 e. The summed E-state index contributed by atoms with van der Waals surface area (Å²) >= 11 is 0. The molecule has 1 aliphatic carbocycles. The molecular formula is C22H34O4. The minimum absolute atomic E-state index is 0.150. The van der Waals surface area contributed by atoms with Crippen molar-refractivity contribution in [3.05, 3.63) is 35.5 Å². The molecule has 1 rings (SSSR count). The number of esters is 2. The monoisotopic (exact) mass is 362 g/mol. The van der Waals surface area contributed by atoms with Crippen LogP contribution in [0.5, 0.6) is 0 Å². The van der Waals surface area contributed by atoms with E-state index >= 15 is 0 Å². The highest BCUT2D eigenvalue weighted by molar-refractivity contribution is 6.04. The Hall–Kier alpha value is -1.84. The van der Waals surface area contributed by atoms with Gasteiger partial charge in [0.15, 0.2) is 0 Å². The first-order valence-corrected chi connectivity index (χ1v) is 10.0. The standard InChI is InChI=1S/C22H34O4/c1-4-6-8-10-16-25-21(23)19-14-12-18(3)13-15-20(19)22(24)26-17-11-9-7-5-2/h12-15,18H,4-11,16-17H2,1-3H3. The molecule has 0 aliphatic heterocycles. The normalized spacial score (nSPS) is 14.4. The Kier molecular flexibility index (Phi) is 11.4. The van der Waals surface area contributed by atoms with Crippen LogP contribution in [0.3, 0.4) is 0 Å². The van der Waals surface area contributed by atoms with Gasteiger partial charge in [-0.1, -0.05) is 83.6 Å². The maximum atomic E-state index is 12.4. The van der Waals surface area contributed by atoms with E-state index in [2.05, 4.69) is 13.8 Å². The predicted octanol–water partition coefficient (Wildman–Crippen LogP) is 5.29. The molecule has 0 fully saturated rings. The van der Waals surface area contributed by atoms with Gasteiger partial charge in [-0.15, -0.1) is 0 Å². The minimum atomic E-state index is -0.450. The maximum Gasteiger partial charge on any atom is 0.338 e. The van der Waals surface area contributed by atoms with E-state index in [1.165, 1.54) is 0 Å². The van der Waals surface area contributed by atoms with Crippen LogP contribution < -0.4 is 0 Å². The first-order valence-electron chi connectivity index (χ1n) is 10.0. The Morgan fingerprint density at radius 3 is 1.58 bits per heavy atom. The largest absolute Gasteiger partial charge is 0.462 e. The second kappa shape index (κ2) is 13.4. The lowest BCUT2D eigenvalue weighted by atomic mass is 10.1. The number of unbranched alkanes of at least 4 members (excludes halogenated alkanes) is 6. The molecule has 0 saturated carbocycles. The molecule has 0 N–H and O–H groups in total. The molecule has 4 nitrogen and oxygen atoms in total. The molecule has 0 bridgehead atoms. The molecule has 146 valence electrons. The van der Waals surface area contributed by atoms with Crippen molar-refractivity contribution in [2.45, 2.75) is 72.1 Å². The summed E-state index contributed by atoms with van der Waals surface area (Å²) in [5, 5.41) is 0. The van der Waals surface area contributed by atoms with Gasteiger partial charge in [-0.25, -0.2) is 9.59 Å². The van der Waals surface area contributed by atoms with Gasteiger partial charge in [0, 0.05) is 0 Å². The number of allylic oxidation sites excluding steroid dienone is 2. The Bertz CT molecular complexity index is 482. The van der Waals surface area contributed by atoms with Crippen LogP contribution in [0.4, 0.5) is 0 Å². The molecule has 0 radical (unpaired) electrons. The van der Waals surface area contributed by atoms with Gasteiger partial charge in [0.2, 0.25) is 0 Å². The van der Waals surface area contributed by atoms with Crippen molar-refractivity contribution >= 4 is 11.9 Å². The molecule has 0 aromatic heterocycles. The van der Waals surface area contributed by atoms with Crippen molar-refractivity contribution < 1.29 is 19.1 Å². The summed E-state index contributed by atoms with van der Waals surface area (Å²) in [4.78, 5) is 24.9. The van der Waals surface area contributed by atoms with E-state index in [9.17, 15) is 9.59 Å². The summed E-state index contributed by atoms with van der Waals surface area (Å²) in [7, 11) is 0. The van der Waals surface area contributed by atoms with Crippen LogP contribution in [-0.4, -0.2) is 25.2 Å². The number of carbonyl (C=O) groups excluding carboxylic acids is 2. The van der Waals surface area contributed by atoms with Crippen molar-refractivity contribution in [2.75, 3.05) is 13.2 Å². The number of hydrogen-bond donors (Lipinski definition) is 0. The number of rotatable bonds is 12. The highest BCUT2D eigenvalue weighted by atomic mass is 16.5. The summed E-state index contributed by atoms with van der Waals surface area (Å²) in [6.07, 6.45) is 15.5. The molecule has 0 spiro atoms. The number of carbonyl (C=O) groups is 2. The fourth-order valence-electron chi connectivity index (χ4n) is 2.64. The van der Waals surface area contributed by atoms with E-state index in [4.69, 9.17) is 9.47 Å². The van der Waals surface area contributed by atoms with Gasteiger partial charge in [0.05, 0.1) is 24.4 Å². The van der Waals surface area contributed by atoms with Crippen LogP contribution in [0.1, 0.15) is 72.1 Å². The summed E-state index contributed by atoms with van der Waals surface area (Å²) < 4.78 is 10.7. The zero-order valence-corrected chi connectivity index (χ0v) is 16.6. The number of hydrogen-bond acceptors (Lipinski definition) is 4. The molecule has 0 aromatic rings. The van der Waals surface area contributed by atoms with Crippen LogP contribution in [0.15, 0.2) is 35.5 Å². The maximum absolute atomic E-state index is 12.4. The molecular weight excluding hydrogens is 328 g/mol. The van der Waals surface area contributed by atoms with Gasteiger partial charge in [-0.05, 0) is 18.8 Å². The Morgan fingerprint density at radius 1 is 0.769 bits per heavy atom. The highest BCUT2D eigenvalue weighted by Crippen LogP contribution is 2.19. The van der Waals surface area contributed by atoms with E-state index in [0.717, 1.165) is 51.4 Å². The fourth-order valence-corrected chi connectivity index (χ4v) is 2.64. The Balaban J connectivity index is 2.69. The zero-order chi connectivity index (χ0) is 19.2. The molecule has 0 aromatic carbocycles. The lowest BCUT2D eigenvalue weighted by Gasteiger charge is -2.10. The van der Waals surface area contributed by atoms with Crippen molar-refractivity contribution in [1.29, 1.82) is 0 Å². The number of ether oxygens (including phenoxy) is 2. The van der Waals surface area contributed by atoms with Crippen molar-refractivity contribution in [2.24, 2.45) is 5.92 Å². The predicted molar refractivity (Wildman–Crippen MR) is 105 cm³/mol. The van der Waals surface area contributed by atoms with Gasteiger partial charge < -0.3 is 9.47 Å². The van der Waals surface area contributed by atoms with E-state index in [1.807, 2.05) is 19.1 Å². The molecule has 1 aliphatic rings. The van der Waals surface area contributed by atoms with Crippen molar-refractivity contribution in [3.8, 4) is 0 Å². The van der Waals surface area contributed by atoms with Crippen LogP contribution >= 0.6 is 0 Å². The third-order valence-corrected chi connectivity index (χ3v) is 4.32. The Labute approximate surface area is 158 Å². The average Bonchev–Trinajstić information content (AvgIpc) is 2.83. The SMILES string of the molecule is CCCCCCOC(=O)C1=C(C(=O)OCCCCCC)C=CC(C)C=C1. The lowest BCUT2D eigenvalue weighted by Crippen LogP contribution is -2.15. The van der Waals surface area contributed by atoms with Crippen LogP contribution in [0.2, 0.25) is 0 Å². The molecule has 0 saturated heterocycles. The first-order chi connectivity index (χ1) is 12.6. The average molecular weight is 363 g/mol. The molecule has 4 heteroatoms. The third kappa shape index (κ3) is 8.50. The van der Waals surface area contributed by atoms with E-state index in [0.29, 0.717) is 24.4 Å². The fraction of sp³-hybridized carbons (Fsp3) is 0.636. The summed E-state index contributed by atoms with van der Waals surface area (Å²) in [5.41, 5.74) is 0.583. The second-order valence-electron chi connectivity index (χ2n) is 6.80. The van der Waals surface area contributed by atoms with Crippen LogP contribution in [-0.2, 0) is 19.1 Å². The van der Waals surface area contributed by atoms with Crippen molar-refractivity contribution in [3.63, 3.8) is 0 Å². The smallest absolute Gasteiger partial charge is 0.338 e. The topological polar surface area (TPSA) is 52.6 Å². The molecule has 0 heterocycles. The van der Waals surface area contributed by atoms with E-state index in [1.54, 1.807) is 12.2 Å². The summed E-state index contributed by atoms with van der Waals surface area (Å²) in [6, 6.07) is 0. The Morgan fingerprint density at radius 2 is 1.19 bits per heavy atom. The van der Waals surface area contributed by atoms with Gasteiger partial charge in [0.25, 0.3) is 0 Å². The molecule has 0 unspecified atom stereocenters. The zero-order valence-electron chi connectivity index (χ0n) is 16.6. The molecule has 0 atom stereocenters. The molecule has 26 heavy (non-hydrogen) atoms. The van der Waals surface area contributed by atoms with Gasteiger partial charge in [-0.2, -0.15) is 0 Å². The van der Waals surface area contributed by atoms with Crippen LogP contribution in [0, 0.1) is 5.92 Å². The lowest BCUT2D eigenvalue weighted by molar-refractivity contribution is -0.141.